The third kappa shape index (κ3) is 8.07. The van der Waals surface area contributed by atoms with Crippen molar-refractivity contribution in [2.24, 2.45) is 5.92 Å². The zero-order chi connectivity index (χ0) is 7.98. The quantitative estimate of drug-likeness (QED) is 0.441. The standard InChI is InChI=1S/C6H14O3S/c1-6(2)5-9-3-4-10(7)8/h6H,3-5H2,1-2H3,(H,7,8)/p-1. The van der Waals surface area contributed by atoms with Gasteiger partial charge < -0.3 is 9.29 Å². The topological polar surface area (TPSA) is 49.4 Å². The summed E-state index contributed by atoms with van der Waals surface area (Å²) in [6.45, 7) is 4.99. The van der Waals surface area contributed by atoms with Gasteiger partial charge in [-0.05, 0) is 5.92 Å². The lowest BCUT2D eigenvalue weighted by molar-refractivity contribution is 0.123. The van der Waals surface area contributed by atoms with Gasteiger partial charge in [0.2, 0.25) is 0 Å². The predicted octanol–water partition coefficient (Wildman–Crippen LogP) is 0.538. The second-order valence-corrected chi connectivity index (χ2v) is 3.49. The Labute approximate surface area is 64.1 Å². The van der Waals surface area contributed by atoms with Gasteiger partial charge in [-0.25, -0.2) is 0 Å². The highest BCUT2D eigenvalue weighted by Gasteiger charge is 1.92. The molecule has 0 saturated carbocycles. The van der Waals surface area contributed by atoms with E-state index in [-0.39, 0.29) is 5.75 Å². The maximum absolute atomic E-state index is 9.96. The fraction of sp³-hybridized carbons (Fsp3) is 1.00. The monoisotopic (exact) mass is 165 g/mol. The van der Waals surface area contributed by atoms with Crippen molar-refractivity contribution in [3.8, 4) is 0 Å². The summed E-state index contributed by atoms with van der Waals surface area (Å²) in [6, 6.07) is 0. The molecule has 0 aromatic heterocycles. The molecule has 3 nitrogen and oxygen atoms in total. The first-order valence-corrected chi connectivity index (χ1v) is 4.51. The summed E-state index contributed by atoms with van der Waals surface area (Å²) in [4.78, 5) is 0. The first kappa shape index (κ1) is 10.1. The van der Waals surface area contributed by atoms with Crippen LogP contribution in [0.25, 0.3) is 0 Å². The molecule has 10 heavy (non-hydrogen) atoms. The summed E-state index contributed by atoms with van der Waals surface area (Å²) in [6.07, 6.45) is 0. The molecule has 0 bridgehead atoms. The maximum atomic E-state index is 9.96. The highest BCUT2D eigenvalue weighted by atomic mass is 32.2. The molecule has 1 unspecified atom stereocenters. The third-order valence-corrected chi connectivity index (χ3v) is 1.35. The molecule has 4 heteroatoms. The van der Waals surface area contributed by atoms with E-state index in [1.165, 1.54) is 0 Å². The lowest BCUT2D eigenvalue weighted by Gasteiger charge is -2.07. The van der Waals surface area contributed by atoms with E-state index < -0.39 is 11.1 Å². The molecule has 0 aliphatic heterocycles. The summed E-state index contributed by atoms with van der Waals surface area (Å²) in [7, 11) is 0. The van der Waals surface area contributed by atoms with Crippen molar-refractivity contribution in [2.45, 2.75) is 13.8 Å². The number of hydrogen-bond donors (Lipinski definition) is 0. The van der Waals surface area contributed by atoms with Crippen LogP contribution in [-0.2, 0) is 15.8 Å². The van der Waals surface area contributed by atoms with Crippen LogP contribution < -0.4 is 0 Å². The van der Waals surface area contributed by atoms with Crippen molar-refractivity contribution in [3.05, 3.63) is 0 Å². The molecule has 0 saturated heterocycles. The van der Waals surface area contributed by atoms with Gasteiger partial charge in [-0.15, -0.1) is 0 Å². The van der Waals surface area contributed by atoms with E-state index in [0.29, 0.717) is 19.1 Å². The van der Waals surface area contributed by atoms with Gasteiger partial charge in [-0.3, -0.25) is 4.21 Å². The molecule has 0 spiro atoms. The molecular weight excluding hydrogens is 152 g/mol. The van der Waals surface area contributed by atoms with Crippen molar-refractivity contribution in [1.29, 1.82) is 0 Å². The number of rotatable bonds is 5. The summed E-state index contributed by atoms with van der Waals surface area (Å²) in [5.74, 6) is 0.576. The van der Waals surface area contributed by atoms with E-state index in [4.69, 9.17) is 4.74 Å². The molecule has 0 heterocycles. The summed E-state index contributed by atoms with van der Waals surface area (Å²) < 4.78 is 24.9. The van der Waals surface area contributed by atoms with E-state index in [9.17, 15) is 8.76 Å². The third-order valence-electron chi connectivity index (χ3n) is 0.846. The van der Waals surface area contributed by atoms with E-state index >= 15 is 0 Å². The fourth-order valence-corrected chi connectivity index (χ4v) is 0.700. The minimum atomic E-state index is -1.96. The first-order chi connectivity index (χ1) is 4.63. The zero-order valence-electron chi connectivity index (χ0n) is 6.33. The Bertz CT molecular complexity index is 103. The molecule has 0 aliphatic rings. The molecule has 0 fully saturated rings. The van der Waals surface area contributed by atoms with Gasteiger partial charge in [0.1, 0.15) is 0 Å². The average molecular weight is 165 g/mol. The summed E-state index contributed by atoms with van der Waals surface area (Å²) in [5.41, 5.74) is 0. The van der Waals surface area contributed by atoms with Crippen LogP contribution in [0.15, 0.2) is 0 Å². The number of ether oxygens (including phenoxy) is 1. The Morgan fingerprint density at radius 2 is 2.20 bits per heavy atom. The van der Waals surface area contributed by atoms with Crippen LogP contribution in [0.3, 0.4) is 0 Å². The van der Waals surface area contributed by atoms with E-state index in [2.05, 4.69) is 0 Å². The van der Waals surface area contributed by atoms with Crippen molar-refractivity contribution in [3.63, 3.8) is 0 Å². The number of hydrogen-bond acceptors (Lipinski definition) is 3. The van der Waals surface area contributed by atoms with E-state index in [0.717, 1.165) is 0 Å². The van der Waals surface area contributed by atoms with E-state index in [1.54, 1.807) is 0 Å². The predicted molar refractivity (Wildman–Crippen MR) is 39.4 cm³/mol. The van der Waals surface area contributed by atoms with Crippen LogP contribution in [0.2, 0.25) is 0 Å². The zero-order valence-corrected chi connectivity index (χ0v) is 7.15. The second-order valence-electron chi connectivity index (χ2n) is 2.48. The Balaban J connectivity index is 2.98. The molecular formula is C6H13O3S-. The van der Waals surface area contributed by atoms with Crippen molar-refractivity contribution < 1.29 is 13.5 Å². The largest absolute Gasteiger partial charge is 0.772 e. The second kappa shape index (κ2) is 5.82. The van der Waals surface area contributed by atoms with Crippen LogP contribution in [0, 0.1) is 5.92 Å². The van der Waals surface area contributed by atoms with Crippen LogP contribution in [0.5, 0.6) is 0 Å². The van der Waals surface area contributed by atoms with Gasteiger partial charge >= 0.3 is 0 Å². The highest BCUT2D eigenvalue weighted by molar-refractivity contribution is 7.79. The van der Waals surface area contributed by atoms with Crippen molar-refractivity contribution in [2.75, 3.05) is 19.0 Å². The first-order valence-electron chi connectivity index (χ1n) is 3.26. The lowest BCUT2D eigenvalue weighted by atomic mass is 10.2. The molecule has 0 amide bonds. The average Bonchev–Trinajstić information content (AvgIpc) is 1.79. The smallest absolute Gasteiger partial charge is 0.0570 e. The molecule has 0 aliphatic carbocycles. The van der Waals surface area contributed by atoms with Gasteiger partial charge in [0.05, 0.1) is 6.61 Å². The molecule has 0 N–H and O–H groups in total. The Morgan fingerprint density at radius 1 is 1.60 bits per heavy atom. The van der Waals surface area contributed by atoms with Gasteiger partial charge in [-0.1, -0.05) is 24.9 Å². The summed E-state index contributed by atoms with van der Waals surface area (Å²) >= 11 is -1.96. The van der Waals surface area contributed by atoms with Gasteiger partial charge in [0.15, 0.2) is 0 Å². The van der Waals surface area contributed by atoms with Crippen molar-refractivity contribution in [1.82, 2.24) is 0 Å². The molecule has 0 radical (unpaired) electrons. The fourth-order valence-electron chi connectivity index (χ4n) is 0.446. The molecule has 0 rings (SSSR count). The molecule has 0 aromatic carbocycles. The van der Waals surface area contributed by atoms with Gasteiger partial charge in [0.25, 0.3) is 0 Å². The van der Waals surface area contributed by atoms with Crippen LogP contribution >= 0.6 is 0 Å². The molecule has 62 valence electrons. The van der Waals surface area contributed by atoms with Crippen LogP contribution in [-0.4, -0.2) is 27.7 Å². The maximum Gasteiger partial charge on any atom is 0.0570 e. The molecule has 1 atom stereocenters. The van der Waals surface area contributed by atoms with Crippen LogP contribution in [0.1, 0.15) is 13.8 Å². The van der Waals surface area contributed by atoms with Gasteiger partial charge in [-0.2, -0.15) is 0 Å². The van der Waals surface area contributed by atoms with Crippen molar-refractivity contribution >= 4 is 11.1 Å². The Kier molecular flexibility index (Phi) is 5.87. The minimum absolute atomic E-state index is 0.104. The van der Waals surface area contributed by atoms with Crippen LogP contribution in [0.4, 0.5) is 0 Å². The highest BCUT2D eigenvalue weighted by Crippen LogP contribution is 1.91. The SMILES string of the molecule is CC(C)COCCS(=O)[O-]. The summed E-state index contributed by atoms with van der Waals surface area (Å²) in [5, 5.41) is 0. The Morgan fingerprint density at radius 3 is 2.60 bits per heavy atom. The lowest BCUT2D eigenvalue weighted by Crippen LogP contribution is -2.08. The minimum Gasteiger partial charge on any atom is -0.772 e. The Hall–Kier alpha value is 0.0700. The normalized spacial score (nSPS) is 14.0. The molecule has 0 aromatic rings. The van der Waals surface area contributed by atoms with Gasteiger partial charge in [0, 0.05) is 12.4 Å². The van der Waals surface area contributed by atoms with E-state index in [1.807, 2.05) is 13.8 Å².